The molecule has 0 radical (unpaired) electrons. The van der Waals surface area contributed by atoms with Gasteiger partial charge in [-0.3, -0.25) is 9.89 Å². The Morgan fingerprint density at radius 2 is 1.84 bits per heavy atom. The zero-order valence-electron chi connectivity index (χ0n) is 13.0. The number of hydrogen-bond donors (Lipinski definition) is 1. The lowest BCUT2D eigenvalue weighted by Gasteiger charge is -1.98. The summed E-state index contributed by atoms with van der Waals surface area (Å²) in [5.41, 5.74) is 4.45. The average Bonchev–Trinajstić information content (AvgIpc) is 3.32. The summed E-state index contributed by atoms with van der Waals surface area (Å²) in [7, 11) is 0. The Hall–Kier alpha value is -3.25. The van der Waals surface area contributed by atoms with Crippen LogP contribution in [0.5, 0.6) is 0 Å². The summed E-state index contributed by atoms with van der Waals surface area (Å²) >= 11 is 1.39. The maximum atomic E-state index is 12.8. The van der Waals surface area contributed by atoms with Gasteiger partial charge in [0.1, 0.15) is 0 Å². The molecule has 5 aromatic rings. The van der Waals surface area contributed by atoms with Gasteiger partial charge in [-0.1, -0.05) is 53.8 Å². The molecule has 2 aromatic carbocycles. The minimum absolute atomic E-state index is 0.0473. The van der Waals surface area contributed by atoms with Crippen LogP contribution in [0.4, 0.5) is 0 Å². The van der Waals surface area contributed by atoms with Crippen molar-refractivity contribution in [1.29, 1.82) is 0 Å². The number of para-hydroxylation sites is 2. The predicted octanol–water partition coefficient (Wildman–Crippen LogP) is 2.85. The van der Waals surface area contributed by atoms with Gasteiger partial charge in [-0.15, -0.1) is 0 Å². The van der Waals surface area contributed by atoms with Gasteiger partial charge in [0.05, 0.1) is 27.5 Å². The van der Waals surface area contributed by atoms with Crippen LogP contribution in [0.25, 0.3) is 33.3 Å². The molecule has 0 bridgehead atoms. The maximum Gasteiger partial charge on any atom is 0.274 e. The Bertz CT molecular complexity index is 1310. The Morgan fingerprint density at radius 3 is 2.72 bits per heavy atom. The molecule has 1 N–H and O–H groups in total. The minimum Gasteiger partial charge on any atom is -0.277 e. The van der Waals surface area contributed by atoms with E-state index >= 15 is 0 Å². The highest BCUT2D eigenvalue weighted by molar-refractivity contribution is 7.15. The van der Waals surface area contributed by atoms with E-state index in [1.165, 1.54) is 11.3 Å². The fraction of sp³-hybridized carbons (Fsp3) is 0. The third-order valence-corrected chi connectivity index (χ3v) is 5.13. The number of aromatic amines is 1. The van der Waals surface area contributed by atoms with Crippen LogP contribution in [0.1, 0.15) is 5.56 Å². The molecule has 0 spiro atoms. The quantitative estimate of drug-likeness (QED) is 0.536. The van der Waals surface area contributed by atoms with Gasteiger partial charge in [0.15, 0.2) is 4.96 Å². The van der Waals surface area contributed by atoms with Gasteiger partial charge in [0.2, 0.25) is 0 Å². The fourth-order valence-corrected chi connectivity index (χ4v) is 3.97. The molecule has 3 aromatic heterocycles. The van der Waals surface area contributed by atoms with Crippen LogP contribution < -0.4 is 10.1 Å². The predicted molar refractivity (Wildman–Crippen MR) is 99.7 cm³/mol. The van der Waals surface area contributed by atoms with Gasteiger partial charge < -0.3 is 0 Å². The number of hydrogen-bond acceptors (Lipinski definition) is 4. The number of nitrogens with zero attached hydrogens (tertiary/aromatic N) is 3. The van der Waals surface area contributed by atoms with Gasteiger partial charge in [-0.2, -0.15) is 5.10 Å². The van der Waals surface area contributed by atoms with Crippen molar-refractivity contribution in [1.82, 2.24) is 19.6 Å². The van der Waals surface area contributed by atoms with E-state index in [9.17, 15) is 4.79 Å². The summed E-state index contributed by atoms with van der Waals surface area (Å²) in [6, 6.07) is 17.6. The SMILES string of the molecule is O=c1/c(=C\c2cn[nH]c2-c2ccccc2)sc2nc3ccccc3n12. The van der Waals surface area contributed by atoms with E-state index in [0.717, 1.165) is 27.9 Å². The average molecular weight is 344 g/mol. The molecule has 0 saturated heterocycles. The number of benzene rings is 2. The van der Waals surface area contributed by atoms with E-state index in [4.69, 9.17) is 0 Å². The van der Waals surface area contributed by atoms with Crippen LogP contribution in [-0.4, -0.2) is 19.6 Å². The topological polar surface area (TPSA) is 63.0 Å². The first-order chi connectivity index (χ1) is 12.3. The van der Waals surface area contributed by atoms with Gasteiger partial charge in [0.25, 0.3) is 5.56 Å². The normalized spacial score (nSPS) is 12.4. The van der Waals surface area contributed by atoms with Gasteiger partial charge in [0, 0.05) is 11.1 Å². The first-order valence-corrected chi connectivity index (χ1v) is 8.63. The molecule has 0 saturated carbocycles. The van der Waals surface area contributed by atoms with Crippen molar-refractivity contribution >= 4 is 33.4 Å². The Morgan fingerprint density at radius 1 is 1.04 bits per heavy atom. The van der Waals surface area contributed by atoms with Crippen LogP contribution >= 0.6 is 11.3 Å². The highest BCUT2D eigenvalue weighted by Crippen LogP contribution is 2.21. The van der Waals surface area contributed by atoms with E-state index in [2.05, 4.69) is 15.2 Å². The summed E-state index contributed by atoms with van der Waals surface area (Å²) in [6.07, 6.45) is 3.62. The van der Waals surface area contributed by atoms with Gasteiger partial charge in [-0.25, -0.2) is 9.38 Å². The number of aromatic nitrogens is 4. The molecule has 25 heavy (non-hydrogen) atoms. The van der Waals surface area contributed by atoms with Gasteiger partial charge in [-0.05, 0) is 18.2 Å². The fourth-order valence-electron chi connectivity index (χ4n) is 2.99. The molecule has 0 aliphatic rings. The molecule has 5 nitrogen and oxygen atoms in total. The smallest absolute Gasteiger partial charge is 0.274 e. The highest BCUT2D eigenvalue weighted by atomic mass is 32.1. The monoisotopic (exact) mass is 344 g/mol. The number of H-pyrrole nitrogens is 1. The summed E-state index contributed by atoms with van der Waals surface area (Å²) in [5, 5.41) is 7.16. The molecule has 0 unspecified atom stereocenters. The first kappa shape index (κ1) is 14.1. The lowest BCUT2D eigenvalue weighted by Crippen LogP contribution is -2.22. The Labute approximate surface area is 145 Å². The molecule has 0 aliphatic carbocycles. The van der Waals surface area contributed by atoms with Crippen LogP contribution in [0, 0.1) is 0 Å². The summed E-state index contributed by atoms with van der Waals surface area (Å²) in [4.78, 5) is 18.1. The molecule has 120 valence electrons. The van der Waals surface area contributed by atoms with Crippen molar-refractivity contribution in [3.8, 4) is 11.3 Å². The lowest BCUT2D eigenvalue weighted by molar-refractivity contribution is 1.10. The summed E-state index contributed by atoms with van der Waals surface area (Å²) < 4.78 is 2.32. The first-order valence-electron chi connectivity index (χ1n) is 7.82. The standard InChI is InChI=1S/C19H12N4OS/c24-18-16(25-19-21-14-8-4-5-9-15(14)23(18)19)10-13-11-20-22-17(13)12-6-2-1-3-7-12/h1-11H,(H,20,22)/b16-10+. The molecule has 0 atom stereocenters. The molecule has 5 rings (SSSR count). The van der Waals surface area contributed by atoms with Crippen molar-refractivity contribution in [2.24, 2.45) is 0 Å². The summed E-state index contributed by atoms with van der Waals surface area (Å²) in [6.45, 7) is 0. The Kier molecular flexibility index (Phi) is 3.05. The van der Waals surface area contributed by atoms with Gasteiger partial charge >= 0.3 is 0 Å². The number of imidazole rings is 1. The lowest BCUT2D eigenvalue weighted by atomic mass is 10.1. The van der Waals surface area contributed by atoms with Crippen molar-refractivity contribution in [3.63, 3.8) is 0 Å². The number of fused-ring (bicyclic) bond motifs is 3. The van der Waals surface area contributed by atoms with E-state index < -0.39 is 0 Å². The van der Waals surface area contributed by atoms with E-state index in [1.807, 2.05) is 60.7 Å². The minimum atomic E-state index is -0.0473. The second-order valence-corrected chi connectivity index (χ2v) is 6.71. The van der Waals surface area contributed by atoms with Crippen molar-refractivity contribution in [3.05, 3.63) is 81.2 Å². The van der Waals surface area contributed by atoms with E-state index in [-0.39, 0.29) is 5.56 Å². The van der Waals surface area contributed by atoms with Crippen LogP contribution in [0.2, 0.25) is 0 Å². The van der Waals surface area contributed by atoms with Crippen molar-refractivity contribution in [2.45, 2.75) is 0 Å². The number of nitrogens with one attached hydrogen (secondary N) is 1. The second kappa shape index (κ2) is 5.39. The third-order valence-electron chi connectivity index (χ3n) is 4.16. The van der Waals surface area contributed by atoms with Crippen molar-refractivity contribution < 1.29 is 0 Å². The van der Waals surface area contributed by atoms with E-state index in [0.29, 0.717) is 9.49 Å². The number of thiazole rings is 1. The van der Waals surface area contributed by atoms with Crippen LogP contribution in [-0.2, 0) is 0 Å². The second-order valence-electron chi connectivity index (χ2n) is 5.70. The van der Waals surface area contributed by atoms with E-state index in [1.54, 1.807) is 10.6 Å². The molecule has 6 heteroatoms. The van der Waals surface area contributed by atoms with Crippen molar-refractivity contribution in [2.75, 3.05) is 0 Å². The highest BCUT2D eigenvalue weighted by Gasteiger charge is 2.12. The molecular weight excluding hydrogens is 332 g/mol. The molecule has 3 heterocycles. The molecule has 0 amide bonds. The maximum absolute atomic E-state index is 12.8. The zero-order valence-corrected chi connectivity index (χ0v) is 13.8. The van der Waals surface area contributed by atoms with Crippen LogP contribution in [0.15, 0.2) is 65.6 Å². The molecule has 0 aliphatic heterocycles. The molecular formula is C19H12N4OS. The Balaban J connectivity index is 1.74. The van der Waals surface area contributed by atoms with Crippen LogP contribution in [0.3, 0.4) is 0 Å². The molecule has 0 fully saturated rings. The zero-order chi connectivity index (χ0) is 16.8. The largest absolute Gasteiger partial charge is 0.277 e. The summed E-state index contributed by atoms with van der Waals surface area (Å²) in [5.74, 6) is 0. The number of rotatable bonds is 2. The third kappa shape index (κ3) is 2.19.